The van der Waals surface area contributed by atoms with Gasteiger partial charge in [-0.2, -0.15) is 0 Å². The Kier molecular flexibility index (Phi) is 8.93. The van der Waals surface area contributed by atoms with Gasteiger partial charge in [0.25, 0.3) is 5.91 Å². The van der Waals surface area contributed by atoms with Crippen LogP contribution in [0.2, 0.25) is 10.0 Å². The maximum Gasteiger partial charge on any atom is 0.336 e. The van der Waals surface area contributed by atoms with Crippen molar-refractivity contribution in [3.05, 3.63) is 45.1 Å². The highest BCUT2D eigenvalue weighted by molar-refractivity contribution is 7.81. The number of thiol groups is 1. The number of carbonyl (C=O) groups excluding carboxylic acids is 3. The van der Waals surface area contributed by atoms with Crippen molar-refractivity contribution in [2.24, 2.45) is 16.6 Å². The third kappa shape index (κ3) is 5.60. The summed E-state index contributed by atoms with van der Waals surface area (Å²) in [5, 5.41) is 0.414. The molecule has 0 aromatic heterocycles. The number of hydrogen-bond acceptors (Lipinski definition) is 8. The smallest absolute Gasteiger partial charge is 0.336 e. The van der Waals surface area contributed by atoms with Crippen LogP contribution in [0.5, 0.6) is 0 Å². The molecule has 1 aliphatic heterocycles. The van der Waals surface area contributed by atoms with Crippen LogP contribution < -0.4 is 5.73 Å². The van der Waals surface area contributed by atoms with E-state index in [1.54, 1.807) is 32.0 Å². The van der Waals surface area contributed by atoms with Crippen molar-refractivity contribution >= 4 is 59.4 Å². The van der Waals surface area contributed by atoms with Gasteiger partial charge in [0.2, 0.25) is 0 Å². The molecule has 11 heteroatoms. The summed E-state index contributed by atoms with van der Waals surface area (Å²) in [5.74, 6) is -4.02. The number of primary amides is 1. The summed E-state index contributed by atoms with van der Waals surface area (Å²) in [6, 6.07) is 4.88. The second kappa shape index (κ2) is 11.0. The highest BCUT2D eigenvalue weighted by Gasteiger charge is 2.44. The van der Waals surface area contributed by atoms with E-state index in [0.717, 1.165) is 0 Å². The van der Waals surface area contributed by atoms with Crippen molar-refractivity contribution in [1.29, 1.82) is 0 Å². The molecule has 0 radical (unpaired) electrons. The van der Waals surface area contributed by atoms with Crippen molar-refractivity contribution in [1.82, 2.24) is 0 Å². The number of rotatable bonds is 8. The minimum Gasteiger partial charge on any atom is -0.468 e. The monoisotopic (exact) mass is 488 g/mol. The molecule has 1 aromatic carbocycles. The lowest BCUT2D eigenvalue weighted by molar-refractivity contribution is -0.144. The van der Waals surface area contributed by atoms with E-state index in [4.69, 9.17) is 43.1 Å². The van der Waals surface area contributed by atoms with Crippen molar-refractivity contribution in [3.8, 4) is 0 Å². The van der Waals surface area contributed by atoms with Crippen LogP contribution in [0.3, 0.4) is 0 Å². The first kappa shape index (κ1) is 25.2. The summed E-state index contributed by atoms with van der Waals surface area (Å²) >= 11 is 16.6. The summed E-state index contributed by atoms with van der Waals surface area (Å²) in [7, 11) is 1.23. The predicted octanol–water partition coefficient (Wildman–Crippen LogP) is 2.92. The predicted molar refractivity (Wildman–Crippen MR) is 119 cm³/mol. The van der Waals surface area contributed by atoms with Gasteiger partial charge in [0.05, 0.1) is 41.6 Å². The number of ether oxygens (including phenoxy) is 3. The molecule has 0 saturated carbocycles. The number of nitrogens with zero attached hydrogens (tertiary/aromatic N) is 1. The van der Waals surface area contributed by atoms with Crippen LogP contribution in [0.1, 0.15) is 25.3 Å². The van der Waals surface area contributed by atoms with Crippen LogP contribution in [0, 0.1) is 5.92 Å². The molecule has 0 fully saturated rings. The lowest BCUT2D eigenvalue weighted by Gasteiger charge is -2.32. The molecule has 0 aliphatic carbocycles. The van der Waals surface area contributed by atoms with Crippen molar-refractivity contribution in [2.45, 2.75) is 25.2 Å². The molecule has 3 atom stereocenters. The van der Waals surface area contributed by atoms with Crippen LogP contribution in [-0.4, -0.2) is 49.3 Å². The first-order valence-electron chi connectivity index (χ1n) is 9.20. The zero-order valence-corrected chi connectivity index (χ0v) is 19.5. The number of halogens is 2. The molecule has 1 aromatic rings. The van der Waals surface area contributed by atoms with Crippen LogP contribution >= 0.6 is 35.8 Å². The number of carbonyl (C=O) groups is 3. The zero-order valence-electron chi connectivity index (χ0n) is 17.1. The van der Waals surface area contributed by atoms with Gasteiger partial charge in [-0.3, -0.25) is 14.6 Å². The van der Waals surface area contributed by atoms with Gasteiger partial charge >= 0.3 is 11.9 Å². The van der Waals surface area contributed by atoms with Crippen LogP contribution in [0.25, 0.3) is 0 Å². The molecule has 1 aliphatic rings. The van der Waals surface area contributed by atoms with Gasteiger partial charge in [-0.05, 0) is 25.5 Å². The fraction of sp³-hybridized carbons (Fsp3) is 0.400. The third-order valence-corrected chi connectivity index (χ3v) is 5.84. The first-order valence-corrected chi connectivity index (χ1v) is 10.5. The Morgan fingerprint density at radius 3 is 2.55 bits per heavy atom. The quantitative estimate of drug-likeness (QED) is 0.330. The largest absolute Gasteiger partial charge is 0.468 e. The minimum absolute atomic E-state index is 0.0389. The SMILES string of the molecule is CCOC(=O)C1=C(COC(S)C(N)=O)N=C(C)C(C(=O)OC)C1c1cccc(Cl)c1Cl. The molecule has 168 valence electrons. The van der Waals surface area contributed by atoms with E-state index in [-0.39, 0.29) is 34.5 Å². The van der Waals surface area contributed by atoms with Gasteiger partial charge < -0.3 is 19.9 Å². The van der Waals surface area contributed by atoms with Crippen LogP contribution in [0.4, 0.5) is 0 Å². The number of hydrogen-bond donors (Lipinski definition) is 2. The van der Waals surface area contributed by atoms with Crippen molar-refractivity contribution in [3.63, 3.8) is 0 Å². The Balaban J connectivity index is 2.73. The molecule has 1 heterocycles. The second-order valence-corrected chi connectivity index (χ2v) is 7.78. The normalized spacial score (nSPS) is 19.5. The Morgan fingerprint density at radius 2 is 1.97 bits per heavy atom. The number of benzene rings is 1. The maximum absolute atomic E-state index is 13.0. The van der Waals surface area contributed by atoms with E-state index in [1.807, 2.05) is 0 Å². The molecule has 2 N–H and O–H groups in total. The number of esters is 2. The number of aliphatic imine (C=N–C) groups is 1. The summed E-state index contributed by atoms with van der Waals surface area (Å²) in [6.07, 6.45) is 0. The van der Waals surface area contributed by atoms with E-state index < -0.39 is 35.1 Å². The number of nitrogens with two attached hydrogens (primary N) is 1. The lowest BCUT2D eigenvalue weighted by Crippen LogP contribution is -2.37. The fourth-order valence-electron chi connectivity index (χ4n) is 3.26. The summed E-state index contributed by atoms with van der Waals surface area (Å²) in [6.45, 7) is 3.04. The van der Waals surface area contributed by atoms with Crippen LogP contribution in [-0.2, 0) is 28.6 Å². The van der Waals surface area contributed by atoms with Crippen molar-refractivity contribution in [2.75, 3.05) is 20.3 Å². The average Bonchev–Trinajstić information content (AvgIpc) is 2.72. The van der Waals surface area contributed by atoms with Crippen LogP contribution in [0.15, 0.2) is 34.5 Å². The van der Waals surface area contributed by atoms with E-state index in [1.165, 1.54) is 7.11 Å². The maximum atomic E-state index is 13.0. The molecule has 1 amide bonds. The zero-order chi connectivity index (χ0) is 23.3. The topological polar surface area (TPSA) is 117 Å². The first-order chi connectivity index (χ1) is 14.6. The number of methoxy groups -OCH3 is 1. The number of amides is 1. The summed E-state index contributed by atoms with van der Waals surface area (Å²) < 4.78 is 15.5. The van der Waals surface area contributed by atoms with E-state index in [2.05, 4.69) is 17.6 Å². The highest BCUT2D eigenvalue weighted by atomic mass is 35.5. The molecular formula is C20H22Cl2N2O6S. The summed E-state index contributed by atoms with van der Waals surface area (Å²) in [4.78, 5) is 41.3. The molecule has 0 saturated heterocycles. The molecule has 0 bridgehead atoms. The Hall–Kier alpha value is -2.07. The van der Waals surface area contributed by atoms with Gasteiger partial charge in [-0.1, -0.05) is 35.3 Å². The Labute approximate surface area is 195 Å². The standard InChI is InChI=1S/C20H22Cl2N2O6S/c1-4-29-19(27)15-12(8-30-20(31)17(23)25)24-9(2)13(18(26)28-3)14(15)10-6-5-7-11(21)16(10)22/h5-7,13-14,20,31H,4,8H2,1-3H3,(H2,23,25). The molecule has 31 heavy (non-hydrogen) atoms. The van der Waals surface area contributed by atoms with Crippen molar-refractivity contribution < 1.29 is 28.6 Å². The van der Waals surface area contributed by atoms with Gasteiger partial charge in [0, 0.05) is 11.6 Å². The molecule has 0 spiro atoms. The van der Waals surface area contributed by atoms with Gasteiger partial charge in [-0.15, -0.1) is 12.6 Å². The van der Waals surface area contributed by atoms with E-state index in [0.29, 0.717) is 11.3 Å². The molecule has 3 unspecified atom stereocenters. The third-order valence-electron chi connectivity index (χ3n) is 4.60. The Morgan fingerprint density at radius 1 is 1.29 bits per heavy atom. The summed E-state index contributed by atoms with van der Waals surface area (Å²) in [5.41, 5.74) is 4.91. The average molecular weight is 489 g/mol. The van der Waals surface area contributed by atoms with E-state index >= 15 is 0 Å². The molecule has 8 nitrogen and oxygen atoms in total. The van der Waals surface area contributed by atoms with Gasteiger partial charge in [0.1, 0.15) is 5.92 Å². The second-order valence-electron chi connectivity index (χ2n) is 6.52. The lowest BCUT2D eigenvalue weighted by atomic mass is 9.75. The fourth-order valence-corrected chi connectivity index (χ4v) is 3.76. The molecular weight excluding hydrogens is 467 g/mol. The Bertz CT molecular complexity index is 950. The minimum atomic E-state index is -1.22. The van der Waals surface area contributed by atoms with Gasteiger partial charge in [0.15, 0.2) is 5.44 Å². The van der Waals surface area contributed by atoms with E-state index in [9.17, 15) is 14.4 Å². The molecule has 2 rings (SSSR count). The highest BCUT2D eigenvalue weighted by Crippen LogP contribution is 2.44. The van der Waals surface area contributed by atoms with Gasteiger partial charge in [-0.25, -0.2) is 4.79 Å².